The number of aromatic nitrogens is 1. The highest BCUT2D eigenvalue weighted by Gasteiger charge is 2.32. The van der Waals surface area contributed by atoms with E-state index in [4.69, 9.17) is 5.26 Å². The molecule has 1 rings (SSSR count). The van der Waals surface area contributed by atoms with E-state index in [9.17, 15) is 13.2 Å². The van der Waals surface area contributed by atoms with E-state index in [0.29, 0.717) is 3.57 Å². The molecule has 15 heavy (non-hydrogen) atoms. The Bertz CT molecular complexity index is 427. The molecule has 0 spiro atoms. The summed E-state index contributed by atoms with van der Waals surface area (Å²) in [6.07, 6.45) is -4.75. The molecule has 0 radical (unpaired) electrons. The minimum atomic E-state index is -4.75. The molecule has 0 aliphatic heterocycles. The molecule has 3 nitrogen and oxygen atoms in total. The Morgan fingerprint density at radius 1 is 1.40 bits per heavy atom. The molecule has 0 atom stereocenters. The Labute approximate surface area is 110 Å². The highest BCUT2D eigenvalue weighted by molar-refractivity contribution is 14.1. The summed E-state index contributed by atoms with van der Waals surface area (Å²) < 4.78 is 39.8. The van der Waals surface area contributed by atoms with Gasteiger partial charge in [-0.05, 0) is 51.2 Å². The van der Waals surface area contributed by atoms with Crippen molar-refractivity contribution in [1.82, 2.24) is 4.98 Å². The van der Waals surface area contributed by atoms with Gasteiger partial charge < -0.3 is 4.74 Å². The third kappa shape index (κ3) is 3.63. The molecule has 0 N–H and O–H groups in total. The van der Waals surface area contributed by atoms with Crippen LogP contribution in [-0.4, -0.2) is 11.3 Å². The maximum absolute atomic E-state index is 11.9. The van der Waals surface area contributed by atoms with Crippen molar-refractivity contribution in [3.8, 4) is 11.8 Å². The highest BCUT2D eigenvalue weighted by Crippen LogP contribution is 2.28. The van der Waals surface area contributed by atoms with Crippen LogP contribution in [0.5, 0.6) is 5.75 Å². The van der Waals surface area contributed by atoms with Crippen molar-refractivity contribution >= 4 is 45.2 Å². The van der Waals surface area contributed by atoms with Crippen LogP contribution in [0.25, 0.3) is 0 Å². The van der Waals surface area contributed by atoms with Crippen molar-refractivity contribution in [3.63, 3.8) is 0 Å². The topological polar surface area (TPSA) is 45.9 Å². The van der Waals surface area contributed by atoms with Gasteiger partial charge in [0.15, 0.2) is 11.4 Å². The van der Waals surface area contributed by atoms with Gasteiger partial charge in [0.1, 0.15) is 9.77 Å². The summed E-state index contributed by atoms with van der Waals surface area (Å²) >= 11 is 3.29. The molecule has 0 amide bonds. The molecule has 0 aliphatic carbocycles. The van der Waals surface area contributed by atoms with E-state index in [1.54, 1.807) is 51.3 Å². The molecule has 0 fully saturated rings. The van der Waals surface area contributed by atoms with Crippen molar-refractivity contribution in [3.05, 3.63) is 19.0 Å². The van der Waals surface area contributed by atoms with Crippen LogP contribution >= 0.6 is 45.2 Å². The van der Waals surface area contributed by atoms with Gasteiger partial charge in [-0.1, -0.05) is 0 Å². The Balaban J connectivity index is 3.13. The van der Waals surface area contributed by atoms with Crippen LogP contribution in [0.4, 0.5) is 13.2 Å². The van der Waals surface area contributed by atoms with Gasteiger partial charge in [-0.15, -0.1) is 13.2 Å². The Morgan fingerprint density at radius 3 is 2.47 bits per heavy atom. The molecular weight excluding hydrogens is 439 g/mol. The standard InChI is InChI=1S/C7HF3I2N2O/c8-7(9,10)15-5-1-3(11)4(2-13)14-6(5)12/h1H. The number of hydrogen-bond donors (Lipinski definition) is 0. The Kier molecular flexibility index (Phi) is 3.99. The van der Waals surface area contributed by atoms with Gasteiger partial charge in [0, 0.05) is 0 Å². The molecule has 1 heterocycles. The fraction of sp³-hybridized carbons (Fsp3) is 0.143. The maximum Gasteiger partial charge on any atom is 0.573 e. The number of halogens is 5. The van der Waals surface area contributed by atoms with Gasteiger partial charge in [0.25, 0.3) is 0 Å². The quantitative estimate of drug-likeness (QED) is 0.499. The van der Waals surface area contributed by atoms with Gasteiger partial charge in [-0.25, -0.2) is 4.98 Å². The fourth-order valence-electron chi connectivity index (χ4n) is 0.724. The van der Waals surface area contributed by atoms with Crippen LogP contribution in [0.3, 0.4) is 0 Å². The number of nitrogens with zero attached hydrogens (tertiary/aromatic N) is 2. The molecule has 80 valence electrons. The second kappa shape index (κ2) is 4.69. The average molecular weight is 440 g/mol. The predicted octanol–water partition coefficient (Wildman–Crippen LogP) is 3.06. The van der Waals surface area contributed by atoms with Crippen LogP contribution in [0.15, 0.2) is 6.07 Å². The van der Waals surface area contributed by atoms with E-state index < -0.39 is 12.1 Å². The normalized spacial score (nSPS) is 10.9. The SMILES string of the molecule is N#Cc1nc(I)c(OC(F)(F)F)cc1I. The molecule has 0 saturated heterocycles. The Morgan fingerprint density at radius 2 is 2.00 bits per heavy atom. The van der Waals surface area contributed by atoms with Crippen LogP contribution in [-0.2, 0) is 0 Å². The first-order valence-electron chi connectivity index (χ1n) is 3.35. The zero-order chi connectivity index (χ0) is 11.6. The molecule has 0 unspecified atom stereocenters. The molecule has 0 saturated carbocycles. The number of rotatable bonds is 1. The number of pyridine rings is 1. The van der Waals surface area contributed by atoms with Gasteiger partial charge in [-0.3, -0.25) is 0 Å². The third-order valence-electron chi connectivity index (χ3n) is 1.23. The molecule has 1 aromatic heterocycles. The van der Waals surface area contributed by atoms with Gasteiger partial charge in [-0.2, -0.15) is 5.26 Å². The van der Waals surface area contributed by atoms with Crippen LogP contribution in [0.1, 0.15) is 5.69 Å². The van der Waals surface area contributed by atoms with Crippen molar-refractivity contribution in [1.29, 1.82) is 5.26 Å². The summed E-state index contributed by atoms with van der Waals surface area (Å²) in [4.78, 5) is 3.67. The molecule has 0 aliphatic rings. The molecular formula is C7HF3I2N2O. The molecule has 8 heteroatoms. The van der Waals surface area contributed by atoms with E-state index in [1.807, 2.05) is 0 Å². The second-order valence-electron chi connectivity index (χ2n) is 2.27. The summed E-state index contributed by atoms with van der Waals surface area (Å²) in [5.74, 6) is -0.397. The van der Waals surface area contributed by atoms with Gasteiger partial charge in [0.05, 0.1) is 3.57 Å². The van der Waals surface area contributed by atoms with E-state index in [-0.39, 0.29) is 9.39 Å². The molecule has 0 aromatic carbocycles. The maximum atomic E-state index is 11.9. The highest BCUT2D eigenvalue weighted by atomic mass is 127. The summed E-state index contributed by atoms with van der Waals surface area (Å²) in [7, 11) is 0. The molecule has 0 bridgehead atoms. The lowest BCUT2D eigenvalue weighted by molar-refractivity contribution is -0.275. The van der Waals surface area contributed by atoms with Gasteiger partial charge in [0.2, 0.25) is 0 Å². The minimum Gasteiger partial charge on any atom is -0.403 e. The lowest BCUT2D eigenvalue weighted by Crippen LogP contribution is -2.18. The van der Waals surface area contributed by atoms with Crippen LogP contribution in [0.2, 0.25) is 0 Å². The van der Waals surface area contributed by atoms with E-state index in [0.717, 1.165) is 6.07 Å². The number of hydrogen-bond acceptors (Lipinski definition) is 3. The first-order valence-corrected chi connectivity index (χ1v) is 5.51. The first kappa shape index (κ1) is 12.8. The second-order valence-corrected chi connectivity index (χ2v) is 4.45. The summed E-state index contributed by atoms with van der Waals surface area (Å²) in [6, 6.07) is 2.89. The van der Waals surface area contributed by atoms with Crippen molar-refractivity contribution in [2.24, 2.45) is 0 Å². The number of nitriles is 1. The van der Waals surface area contributed by atoms with Gasteiger partial charge >= 0.3 is 6.36 Å². The number of ether oxygens (including phenoxy) is 1. The van der Waals surface area contributed by atoms with Crippen molar-refractivity contribution < 1.29 is 17.9 Å². The Hall–Kier alpha value is -0.310. The molecule has 1 aromatic rings. The minimum absolute atomic E-state index is 0.00175. The number of alkyl halides is 3. The monoisotopic (exact) mass is 440 g/mol. The van der Waals surface area contributed by atoms with E-state index >= 15 is 0 Å². The van der Waals surface area contributed by atoms with Crippen molar-refractivity contribution in [2.45, 2.75) is 6.36 Å². The first-order chi connectivity index (χ1) is 6.83. The smallest absolute Gasteiger partial charge is 0.403 e. The lowest BCUT2D eigenvalue weighted by atomic mass is 10.4. The summed E-state index contributed by atoms with van der Waals surface area (Å²) in [5, 5.41) is 8.58. The fourth-order valence-corrected chi connectivity index (χ4v) is 1.76. The predicted molar refractivity (Wildman–Crippen MR) is 61.1 cm³/mol. The zero-order valence-corrected chi connectivity index (χ0v) is 11.1. The largest absolute Gasteiger partial charge is 0.573 e. The van der Waals surface area contributed by atoms with E-state index in [2.05, 4.69) is 9.72 Å². The van der Waals surface area contributed by atoms with E-state index in [1.165, 1.54) is 0 Å². The lowest BCUT2D eigenvalue weighted by Gasteiger charge is -2.10. The zero-order valence-electron chi connectivity index (χ0n) is 6.77. The average Bonchev–Trinajstić information content (AvgIpc) is 2.08. The summed E-state index contributed by atoms with van der Waals surface area (Å²) in [6.45, 7) is 0. The summed E-state index contributed by atoms with van der Waals surface area (Å²) in [5.41, 5.74) is 0.0783. The van der Waals surface area contributed by atoms with Crippen molar-refractivity contribution in [2.75, 3.05) is 0 Å². The van der Waals surface area contributed by atoms with Crippen LogP contribution < -0.4 is 4.74 Å². The van der Waals surface area contributed by atoms with Crippen LogP contribution in [0, 0.1) is 18.6 Å². The third-order valence-corrected chi connectivity index (χ3v) is 2.82.